The van der Waals surface area contributed by atoms with Crippen LogP contribution in [0.4, 0.5) is 5.82 Å². The fourth-order valence-corrected chi connectivity index (χ4v) is 4.55. The van der Waals surface area contributed by atoms with E-state index in [0.29, 0.717) is 11.5 Å². The van der Waals surface area contributed by atoms with Gasteiger partial charge in [0.05, 0.1) is 6.10 Å². The molecule has 2 atom stereocenters. The van der Waals surface area contributed by atoms with Gasteiger partial charge in [0, 0.05) is 25.3 Å². The highest BCUT2D eigenvalue weighted by Crippen LogP contribution is 2.34. The zero-order valence-electron chi connectivity index (χ0n) is 19.3. The molecule has 2 aliphatic rings. The van der Waals surface area contributed by atoms with E-state index < -0.39 is 24.0 Å². The highest BCUT2D eigenvalue weighted by atomic mass is 16.5. The van der Waals surface area contributed by atoms with Crippen LogP contribution in [0.2, 0.25) is 0 Å². The molecule has 1 aliphatic carbocycles. The number of ether oxygens (including phenoxy) is 1. The molecule has 0 spiro atoms. The molecule has 0 bridgehead atoms. The lowest BCUT2D eigenvalue weighted by atomic mass is 9.79. The van der Waals surface area contributed by atoms with Gasteiger partial charge in [0.2, 0.25) is 0 Å². The van der Waals surface area contributed by atoms with Crippen molar-refractivity contribution < 1.29 is 24.5 Å². The molecule has 0 saturated heterocycles. The molecule has 2 heterocycles. The molecule has 4 rings (SSSR count). The number of fused-ring (bicyclic) bond motifs is 1. The van der Waals surface area contributed by atoms with Gasteiger partial charge in [0.1, 0.15) is 11.9 Å². The molecule has 1 saturated carbocycles. The zero-order chi connectivity index (χ0) is 23.9. The second-order valence-corrected chi connectivity index (χ2v) is 9.21. The fourth-order valence-electron chi connectivity index (χ4n) is 4.55. The van der Waals surface area contributed by atoms with Gasteiger partial charge in [-0.2, -0.15) is 0 Å². The zero-order valence-corrected chi connectivity index (χ0v) is 19.3. The number of pyridine rings is 1. The van der Waals surface area contributed by atoms with Crippen LogP contribution in [0.3, 0.4) is 0 Å². The number of nitrogens with one attached hydrogen (secondary N) is 2. The Hall–Kier alpha value is -2.97. The van der Waals surface area contributed by atoms with Crippen molar-refractivity contribution in [1.29, 1.82) is 0 Å². The van der Waals surface area contributed by atoms with Crippen molar-refractivity contribution in [2.45, 2.75) is 63.2 Å². The van der Waals surface area contributed by atoms with Gasteiger partial charge in [-0.25, -0.2) is 9.78 Å². The summed E-state index contributed by atoms with van der Waals surface area (Å²) in [5.41, 5.74) is 2.84. The van der Waals surface area contributed by atoms with Gasteiger partial charge in [-0.15, -0.1) is 0 Å². The molecule has 1 amide bonds. The van der Waals surface area contributed by atoms with Gasteiger partial charge < -0.3 is 25.6 Å². The number of aliphatic hydroxyl groups excluding tert-OH is 1. The Balaban J connectivity index is 1.14. The smallest absolute Gasteiger partial charge is 0.326 e. The number of benzene rings is 1. The lowest BCUT2D eigenvalue weighted by Gasteiger charge is -2.35. The lowest BCUT2D eigenvalue weighted by molar-refractivity contribution is -0.144. The largest absolute Gasteiger partial charge is 0.480 e. The third kappa shape index (κ3) is 6.33. The predicted octanol–water partition coefficient (Wildman–Crippen LogP) is 2.86. The van der Waals surface area contributed by atoms with E-state index in [0.717, 1.165) is 56.6 Å². The van der Waals surface area contributed by atoms with Gasteiger partial charge in [-0.3, -0.25) is 4.79 Å². The van der Waals surface area contributed by atoms with Crippen molar-refractivity contribution in [2.24, 2.45) is 5.92 Å². The summed E-state index contributed by atoms with van der Waals surface area (Å²) in [4.78, 5) is 28.6. The quantitative estimate of drug-likeness (QED) is 0.401. The van der Waals surface area contributed by atoms with Crippen LogP contribution in [0.1, 0.15) is 55.0 Å². The number of carboxylic acid groups (broad SMARTS) is 1. The summed E-state index contributed by atoms with van der Waals surface area (Å²) < 4.78 is 5.84. The first-order valence-corrected chi connectivity index (χ1v) is 12.1. The number of carbonyl (C=O) groups excluding carboxylic acids is 1. The van der Waals surface area contributed by atoms with Crippen LogP contribution in [0.5, 0.6) is 0 Å². The van der Waals surface area contributed by atoms with E-state index in [9.17, 15) is 19.8 Å². The molecule has 1 aromatic heterocycles. The first kappa shape index (κ1) is 24.2. The number of carbonyl (C=O) groups is 2. The summed E-state index contributed by atoms with van der Waals surface area (Å²) in [7, 11) is 0. The number of nitrogens with zero attached hydrogens (tertiary/aromatic N) is 1. The number of amides is 1. The Morgan fingerprint density at radius 3 is 2.74 bits per heavy atom. The van der Waals surface area contributed by atoms with Crippen molar-refractivity contribution in [2.75, 3.05) is 18.5 Å². The molecule has 1 aliphatic heterocycles. The number of hydrogen-bond donors (Lipinski definition) is 4. The van der Waals surface area contributed by atoms with E-state index in [1.165, 1.54) is 5.56 Å². The Morgan fingerprint density at radius 2 is 1.97 bits per heavy atom. The van der Waals surface area contributed by atoms with Crippen LogP contribution in [0, 0.1) is 5.92 Å². The Labute approximate surface area is 199 Å². The van der Waals surface area contributed by atoms with Crippen LogP contribution in [-0.4, -0.2) is 52.4 Å². The van der Waals surface area contributed by atoms with Crippen molar-refractivity contribution in [3.8, 4) is 0 Å². The highest BCUT2D eigenvalue weighted by Gasteiger charge is 2.30. The van der Waals surface area contributed by atoms with E-state index >= 15 is 0 Å². The summed E-state index contributed by atoms with van der Waals surface area (Å²) in [5, 5.41) is 25.4. The van der Waals surface area contributed by atoms with Gasteiger partial charge in [0.15, 0.2) is 6.10 Å². The Bertz CT molecular complexity index is 978. The summed E-state index contributed by atoms with van der Waals surface area (Å²) in [6.07, 6.45) is 5.06. The monoisotopic (exact) mass is 467 g/mol. The summed E-state index contributed by atoms with van der Waals surface area (Å²) >= 11 is 0. The van der Waals surface area contributed by atoms with Crippen LogP contribution in [0.25, 0.3) is 0 Å². The highest BCUT2D eigenvalue weighted by molar-refractivity contribution is 5.86. The number of aromatic nitrogens is 1. The topological polar surface area (TPSA) is 121 Å². The number of anilines is 1. The number of rotatable bonds is 11. The summed E-state index contributed by atoms with van der Waals surface area (Å²) in [5.74, 6) is -0.245. The van der Waals surface area contributed by atoms with Gasteiger partial charge in [0.25, 0.3) is 5.91 Å². The maximum atomic E-state index is 12.3. The van der Waals surface area contributed by atoms with Crippen LogP contribution >= 0.6 is 0 Å². The Morgan fingerprint density at radius 1 is 1.18 bits per heavy atom. The van der Waals surface area contributed by atoms with Gasteiger partial charge in [-0.05, 0) is 61.6 Å². The standard InChI is InChI=1S/C26H33N3O5/c30-23(18-5-2-1-3-6-18)25(31)29-22(26(32)33)12-14-34-21-15-17(16-21)8-10-20-11-9-19-7-4-13-27-24(19)28-20/h1-3,5-6,9,11,17,21-23,30H,4,7-8,10,12-16H2,(H,27,28)(H,29,31)(H,32,33). The molecule has 2 unspecified atom stereocenters. The van der Waals surface area contributed by atoms with Crippen LogP contribution in [-0.2, 0) is 27.2 Å². The second-order valence-electron chi connectivity index (χ2n) is 9.21. The van der Waals surface area contributed by atoms with E-state index in [-0.39, 0.29) is 19.1 Å². The molecule has 34 heavy (non-hydrogen) atoms. The van der Waals surface area contributed by atoms with Crippen molar-refractivity contribution >= 4 is 17.7 Å². The molecule has 4 N–H and O–H groups in total. The minimum absolute atomic E-state index is 0.128. The first-order valence-electron chi connectivity index (χ1n) is 12.1. The van der Waals surface area contributed by atoms with E-state index in [1.54, 1.807) is 30.3 Å². The third-order valence-electron chi connectivity index (χ3n) is 6.69. The minimum atomic E-state index is -1.41. The van der Waals surface area contributed by atoms with Gasteiger partial charge >= 0.3 is 5.97 Å². The number of aliphatic carboxylic acids is 1. The third-order valence-corrected chi connectivity index (χ3v) is 6.69. The summed E-state index contributed by atoms with van der Waals surface area (Å²) in [6, 6.07) is 11.6. The summed E-state index contributed by atoms with van der Waals surface area (Å²) in [6.45, 7) is 1.24. The maximum Gasteiger partial charge on any atom is 0.326 e. The molecule has 1 fully saturated rings. The van der Waals surface area contributed by atoms with Crippen LogP contribution < -0.4 is 10.6 Å². The molecule has 0 radical (unpaired) electrons. The maximum absolute atomic E-state index is 12.3. The normalized spacial score (nSPS) is 20.9. The van der Waals surface area contributed by atoms with Gasteiger partial charge in [-0.1, -0.05) is 36.4 Å². The number of aryl methyl sites for hydroxylation is 2. The molecular weight excluding hydrogens is 434 g/mol. The van der Waals surface area contributed by atoms with E-state index in [1.807, 2.05) is 0 Å². The predicted molar refractivity (Wildman–Crippen MR) is 127 cm³/mol. The Kier molecular flexibility index (Phi) is 8.13. The number of carboxylic acids is 1. The van der Waals surface area contributed by atoms with Crippen molar-refractivity contribution in [1.82, 2.24) is 10.3 Å². The molecule has 182 valence electrons. The molecule has 8 heteroatoms. The lowest BCUT2D eigenvalue weighted by Crippen LogP contribution is -2.44. The average molecular weight is 468 g/mol. The SMILES string of the molecule is O=C(O)C(CCOC1CC(CCc2ccc3c(n2)NCCC3)C1)NC(=O)C(O)c1ccccc1. The number of hydrogen-bond acceptors (Lipinski definition) is 6. The van der Waals surface area contributed by atoms with Crippen molar-refractivity contribution in [3.63, 3.8) is 0 Å². The molecule has 2 aromatic rings. The molecular formula is C26H33N3O5. The van der Waals surface area contributed by atoms with Crippen LogP contribution in [0.15, 0.2) is 42.5 Å². The first-order chi connectivity index (χ1) is 16.5. The van der Waals surface area contributed by atoms with Crippen molar-refractivity contribution in [3.05, 3.63) is 59.3 Å². The van der Waals surface area contributed by atoms with E-state index in [4.69, 9.17) is 9.72 Å². The minimum Gasteiger partial charge on any atom is -0.480 e. The molecule has 1 aromatic carbocycles. The second kappa shape index (κ2) is 11.4. The van der Waals surface area contributed by atoms with E-state index in [2.05, 4.69) is 22.8 Å². The molecule has 8 nitrogen and oxygen atoms in total. The average Bonchev–Trinajstić information content (AvgIpc) is 2.83. The fraction of sp³-hybridized carbons (Fsp3) is 0.500. The number of aliphatic hydroxyl groups is 1.